The molecule has 1 fully saturated rings. The lowest BCUT2D eigenvalue weighted by Gasteiger charge is -2.17. The number of carbonyl (C=O) groups is 1. The van der Waals surface area contributed by atoms with E-state index in [2.05, 4.69) is 5.32 Å². The van der Waals surface area contributed by atoms with Gasteiger partial charge in [-0.2, -0.15) is 0 Å². The van der Waals surface area contributed by atoms with E-state index >= 15 is 0 Å². The van der Waals surface area contributed by atoms with Crippen LogP contribution >= 0.6 is 0 Å². The van der Waals surface area contributed by atoms with Crippen molar-refractivity contribution in [3.8, 4) is 0 Å². The fraction of sp³-hybridized carbons (Fsp3) is 0.150. The Morgan fingerprint density at radius 1 is 0.923 bits per heavy atom. The van der Waals surface area contributed by atoms with Crippen molar-refractivity contribution in [2.75, 3.05) is 21.9 Å². The zero-order valence-corrected chi connectivity index (χ0v) is 14.9. The summed E-state index contributed by atoms with van der Waals surface area (Å²) in [5.41, 5.74) is 1.84. The molecule has 132 valence electrons. The summed E-state index contributed by atoms with van der Waals surface area (Å²) < 4.78 is 25.4. The Bertz CT molecular complexity index is 1080. The standard InChI is InChI=1S/C20H18N2O3S/c23-20(17-7-6-15-4-1-2-5-16(15)14-17)21-18-8-10-19(11-9-18)22-12-3-13-26(22,24)25/h1-2,4-11,14H,3,12-13H2,(H,21,23). The van der Waals surface area contributed by atoms with Crippen LogP contribution in [0.1, 0.15) is 16.8 Å². The molecule has 1 aliphatic rings. The van der Waals surface area contributed by atoms with Crippen LogP contribution in [0.25, 0.3) is 10.8 Å². The monoisotopic (exact) mass is 366 g/mol. The third kappa shape index (κ3) is 3.15. The molecule has 26 heavy (non-hydrogen) atoms. The molecule has 0 spiro atoms. The van der Waals surface area contributed by atoms with Gasteiger partial charge in [-0.05, 0) is 53.6 Å². The van der Waals surface area contributed by atoms with Gasteiger partial charge in [0.1, 0.15) is 0 Å². The minimum Gasteiger partial charge on any atom is -0.322 e. The molecule has 0 aromatic heterocycles. The average Bonchev–Trinajstić information content (AvgIpc) is 3.01. The smallest absolute Gasteiger partial charge is 0.255 e. The van der Waals surface area contributed by atoms with Gasteiger partial charge < -0.3 is 5.32 Å². The summed E-state index contributed by atoms with van der Waals surface area (Å²) in [6.07, 6.45) is 0.642. The van der Waals surface area contributed by atoms with Gasteiger partial charge in [0.05, 0.1) is 11.4 Å². The number of rotatable bonds is 3. The molecule has 4 rings (SSSR count). The lowest BCUT2D eigenvalue weighted by atomic mass is 10.1. The Hall–Kier alpha value is -2.86. The van der Waals surface area contributed by atoms with Crippen LogP contribution in [-0.2, 0) is 10.0 Å². The summed E-state index contributed by atoms with van der Waals surface area (Å²) in [5, 5.41) is 4.95. The van der Waals surface area contributed by atoms with Gasteiger partial charge in [0.15, 0.2) is 0 Å². The summed E-state index contributed by atoms with van der Waals surface area (Å²) in [6, 6.07) is 20.3. The van der Waals surface area contributed by atoms with E-state index in [0.29, 0.717) is 29.9 Å². The minimum atomic E-state index is -3.19. The quantitative estimate of drug-likeness (QED) is 0.770. The lowest BCUT2D eigenvalue weighted by Crippen LogP contribution is -2.24. The first kappa shape index (κ1) is 16.6. The van der Waals surface area contributed by atoms with Crippen molar-refractivity contribution in [3.63, 3.8) is 0 Å². The van der Waals surface area contributed by atoms with Crippen LogP contribution < -0.4 is 9.62 Å². The second-order valence-electron chi connectivity index (χ2n) is 6.30. The molecule has 3 aromatic carbocycles. The third-order valence-corrected chi connectivity index (χ3v) is 6.39. The summed E-state index contributed by atoms with van der Waals surface area (Å²) >= 11 is 0. The van der Waals surface area contributed by atoms with Crippen molar-refractivity contribution >= 4 is 38.1 Å². The van der Waals surface area contributed by atoms with Gasteiger partial charge in [-0.15, -0.1) is 0 Å². The summed E-state index contributed by atoms with van der Waals surface area (Å²) in [5.74, 6) is -0.00900. The van der Waals surface area contributed by atoms with Crippen molar-refractivity contribution in [1.82, 2.24) is 0 Å². The molecule has 0 radical (unpaired) electrons. The average molecular weight is 366 g/mol. The van der Waals surface area contributed by atoms with Crippen LogP contribution in [0.5, 0.6) is 0 Å². The Labute approximate surface area is 152 Å². The number of sulfonamides is 1. The molecule has 1 N–H and O–H groups in total. The van der Waals surface area contributed by atoms with E-state index in [-0.39, 0.29) is 11.7 Å². The Kier molecular flexibility index (Phi) is 4.12. The van der Waals surface area contributed by atoms with Gasteiger partial charge >= 0.3 is 0 Å². The first-order valence-electron chi connectivity index (χ1n) is 8.44. The van der Waals surface area contributed by atoms with E-state index in [1.807, 2.05) is 36.4 Å². The molecule has 1 saturated heterocycles. The highest BCUT2D eigenvalue weighted by Crippen LogP contribution is 2.25. The minimum absolute atomic E-state index is 0.188. The maximum absolute atomic E-state index is 12.5. The summed E-state index contributed by atoms with van der Waals surface area (Å²) in [6.45, 7) is 0.505. The third-order valence-electron chi connectivity index (χ3n) is 4.52. The molecule has 0 atom stereocenters. The molecule has 5 nitrogen and oxygen atoms in total. The Balaban J connectivity index is 1.52. The first-order valence-corrected chi connectivity index (χ1v) is 10.0. The molecular formula is C20H18N2O3S. The number of carbonyl (C=O) groups excluding carboxylic acids is 1. The van der Waals surface area contributed by atoms with Crippen molar-refractivity contribution in [2.45, 2.75) is 6.42 Å². The number of anilines is 2. The van der Waals surface area contributed by atoms with Crippen LogP contribution in [-0.4, -0.2) is 26.6 Å². The van der Waals surface area contributed by atoms with Crippen LogP contribution in [0.4, 0.5) is 11.4 Å². The van der Waals surface area contributed by atoms with Crippen molar-refractivity contribution < 1.29 is 13.2 Å². The molecule has 0 aliphatic carbocycles. The maximum atomic E-state index is 12.5. The molecule has 1 aliphatic heterocycles. The highest BCUT2D eigenvalue weighted by molar-refractivity contribution is 7.93. The SMILES string of the molecule is O=C(Nc1ccc(N2CCCS2(=O)=O)cc1)c1ccc2ccccc2c1. The number of hydrogen-bond acceptors (Lipinski definition) is 3. The fourth-order valence-electron chi connectivity index (χ4n) is 3.17. The van der Waals surface area contributed by atoms with Crippen LogP contribution in [0, 0.1) is 0 Å². The molecule has 0 saturated carbocycles. The van der Waals surface area contributed by atoms with Gasteiger partial charge in [0, 0.05) is 17.8 Å². The van der Waals surface area contributed by atoms with Gasteiger partial charge in [-0.25, -0.2) is 8.42 Å². The zero-order chi connectivity index (χ0) is 18.1. The van der Waals surface area contributed by atoms with Crippen LogP contribution in [0.2, 0.25) is 0 Å². The highest BCUT2D eigenvalue weighted by atomic mass is 32.2. The van der Waals surface area contributed by atoms with E-state index in [1.54, 1.807) is 30.3 Å². The van der Waals surface area contributed by atoms with Gasteiger partial charge in [-0.1, -0.05) is 30.3 Å². The predicted molar refractivity (Wildman–Crippen MR) is 104 cm³/mol. The largest absolute Gasteiger partial charge is 0.322 e. The Morgan fingerprint density at radius 2 is 1.65 bits per heavy atom. The van der Waals surface area contributed by atoms with E-state index in [4.69, 9.17) is 0 Å². The van der Waals surface area contributed by atoms with Crippen molar-refractivity contribution in [3.05, 3.63) is 72.3 Å². The van der Waals surface area contributed by atoms with Crippen LogP contribution in [0.3, 0.4) is 0 Å². The molecule has 1 heterocycles. The molecule has 6 heteroatoms. The van der Waals surface area contributed by atoms with Crippen molar-refractivity contribution in [2.24, 2.45) is 0 Å². The normalized spacial score (nSPS) is 15.9. The topological polar surface area (TPSA) is 66.5 Å². The number of benzene rings is 3. The first-order chi connectivity index (χ1) is 12.5. The van der Waals surface area contributed by atoms with Gasteiger partial charge in [0.2, 0.25) is 10.0 Å². The number of hydrogen-bond donors (Lipinski definition) is 1. The van der Waals surface area contributed by atoms with Crippen molar-refractivity contribution in [1.29, 1.82) is 0 Å². The second-order valence-corrected chi connectivity index (χ2v) is 8.32. The number of fused-ring (bicyclic) bond motifs is 1. The number of nitrogens with one attached hydrogen (secondary N) is 1. The van der Waals surface area contributed by atoms with Crippen LogP contribution in [0.15, 0.2) is 66.7 Å². The maximum Gasteiger partial charge on any atom is 0.255 e. The van der Waals surface area contributed by atoms with E-state index in [1.165, 1.54) is 4.31 Å². The van der Waals surface area contributed by atoms with Gasteiger partial charge in [-0.3, -0.25) is 9.10 Å². The number of nitrogens with zero attached hydrogens (tertiary/aromatic N) is 1. The van der Waals surface area contributed by atoms with E-state index < -0.39 is 10.0 Å². The van der Waals surface area contributed by atoms with E-state index in [9.17, 15) is 13.2 Å². The van der Waals surface area contributed by atoms with Gasteiger partial charge in [0.25, 0.3) is 5.91 Å². The number of amides is 1. The lowest BCUT2D eigenvalue weighted by molar-refractivity contribution is 0.102. The van der Waals surface area contributed by atoms with E-state index in [0.717, 1.165) is 10.8 Å². The molecule has 1 amide bonds. The summed E-state index contributed by atoms with van der Waals surface area (Å²) in [4.78, 5) is 12.5. The predicted octanol–water partition coefficient (Wildman–Crippen LogP) is 3.63. The molecule has 0 unspecified atom stereocenters. The fourth-order valence-corrected chi connectivity index (χ4v) is 4.74. The zero-order valence-electron chi connectivity index (χ0n) is 14.1. The Morgan fingerprint density at radius 3 is 2.35 bits per heavy atom. The molecule has 3 aromatic rings. The summed E-state index contributed by atoms with van der Waals surface area (Å²) in [7, 11) is -3.19. The molecule has 0 bridgehead atoms. The second kappa shape index (κ2) is 6.46. The highest BCUT2D eigenvalue weighted by Gasteiger charge is 2.28. The molecular weight excluding hydrogens is 348 g/mol.